The van der Waals surface area contributed by atoms with E-state index in [1.807, 2.05) is 52.8 Å². The summed E-state index contributed by atoms with van der Waals surface area (Å²) in [5.41, 5.74) is 3.83. The molecule has 1 amide bonds. The number of aryl methyl sites for hydroxylation is 1. The lowest BCUT2D eigenvalue weighted by Gasteiger charge is -2.28. The van der Waals surface area contributed by atoms with Crippen molar-refractivity contribution in [1.82, 2.24) is 9.47 Å². The van der Waals surface area contributed by atoms with Crippen LogP contribution in [0.2, 0.25) is 0 Å². The molecule has 0 aliphatic carbocycles. The number of aromatic nitrogens is 1. The van der Waals surface area contributed by atoms with E-state index in [1.165, 1.54) is 4.31 Å². The number of nitrogens with zero attached hydrogens (tertiary/aromatic N) is 3. The predicted molar refractivity (Wildman–Crippen MR) is 167 cm³/mol. The van der Waals surface area contributed by atoms with Crippen LogP contribution in [-0.4, -0.2) is 54.6 Å². The summed E-state index contributed by atoms with van der Waals surface area (Å²) in [7, 11) is -4.01. The molecule has 1 aromatic heterocycles. The molecule has 0 spiro atoms. The number of para-hydroxylation sites is 2. The van der Waals surface area contributed by atoms with Crippen LogP contribution in [0.15, 0.2) is 102 Å². The number of hydrogen-bond acceptors (Lipinski definition) is 4. The average Bonchev–Trinajstić information content (AvgIpc) is 3.33. The smallest absolute Gasteiger partial charge is 0.264 e. The van der Waals surface area contributed by atoms with Crippen LogP contribution in [0.1, 0.15) is 35.2 Å². The third kappa shape index (κ3) is 5.40. The van der Waals surface area contributed by atoms with E-state index < -0.39 is 16.1 Å². The van der Waals surface area contributed by atoms with Crippen LogP contribution in [-0.2, 0) is 16.6 Å². The second kappa shape index (κ2) is 11.6. The fourth-order valence-electron chi connectivity index (χ4n) is 5.89. The maximum absolute atomic E-state index is 14.0. The first-order valence-electron chi connectivity index (χ1n) is 14.5. The van der Waals surface area contributed by atoms with Crippen LogP contribution in [0.5, 0.6) is 0 Å². The molecule has 1 N–H and O–H groups in total. The summed E-state index contributed by atoms with van der Waals surface area (Å²) in [6.45, 7) is 3.44. The highest BCUT2D eigenvalue weighted by Gasteiger charge is 2.28. The Morgan fingerprint density at radius 1 is 0.810 bits per heavy atom. The minimum absolute atomic E-state index is 0.0411. The summed E-state index contributed by atoms with van der Waals surface area (Å²) < 4.78 is 31.3. The molecule has 1 aliphatic rings. The number of aliphatic hydroxyl groups is 1. The molecule has 0 radical (unpaired) electrons. The largest absolute Gasteiger partial charge is 0.389 e. The first-order valence-corrected chi connectivity index (χ1v) is 15.9. The number of carbonyl (C=O) groups is 1. The summed E-state index contributed by atoms with van der Waals surface area (Å²) in [5.74, 6) is -0.0411. The number of anilines is 1. The van der Waals surface area contributed by atoms with Gasteiger partial charge in [-0.15, -0.1) is 0 Å². The Morgan fingerprint density at radius 2 is 1.38 bits per heavy atom. The Morgan fingerprint density at radius 3 is 1.98 bits per heavy atom. The van der Waals surface area contributed by atoms with E-state index in [-0.39, 0.29) is 23.9 Å². The number of carbonyl (C=O) groups excluding carboxylic acids is 1. The molecule has 1 saturated heterocycles. The lowest BCUT2D eigenvalue weighted by atomic mass is 10.1. The standard InChI is InChI=1S/C34H35N3O4S/c1-25-13-19-29(20-14-25)42(40,41)37(27-17-15-26(16-18-27)34(39)35-21-7-2-8-22-35)24-28(38)23-36-32-11-5-3-9-30(32)31-10-4-6-12-33(31)36/h3-6,9-20,28,38H,2,7-8,21-24H2,1H3/t28-/m1/s1. The summed E-state index contributed by atoms with van der Waals surface area (Å²) in [5, 5.41) is 13.6. The molecule has 216 valence electrons. The van der Waals surface area contributed by atoms with E-state index in [0.717, 1.165) is 59.7 Å². The number of fused-ring (bicyclic) bond motifs is 3. The van der Waals surface area contributed by atoms with Crippen molar-refractivity contribution in [2.75, 3.05) is 23.9 Å². The van der Waals surface area contributed by atoms with Crippen molar-refractivity contribution in [3.8, 4) is 0 Å². The van der Waals surface area contributed by atoms with Gasteiger partial charge in [0.25, 0.3) is 15.9 Å². The van der Waals surface area contributed by atoms with E-state index >= 15 is 0 Å². The van der Waals surface area contributed by atoms with E-state index in [0.29, 0.717) is 11.3 Å². The van der Waals surface area contributed by atoms with Gasteiger partial charge >= 0.3 is 0 Å². The normalized spacial score (nSPS) is 14.8. The van der Waals surface area contributed by atoms with Gasteiger partial charge in [0.1, 0.15) is 0 Å². The summed E-state index contributed by atoms with van der Waals surface area (Å²) >= 11 is 0. The SMILES string of the molecule is Cc1ccc(S(=O)(=O)N(C[C@H](O)Cn2c3ccccc3c3ccccc32)c2ccc(C(=O)N3CCCCC3)cc2)cc1. The van der Waals surface area contributed by atoms with E-state index in [1.54, 1.807) is 48.5 Å². The van der Waals surface area contributed by atoms with Gasteiger partial charge in [-0.3, -0.25) is 9.10 Å². The zero-order valence-corrected chi connectivity index (χ0v) is 24.5. The monoisotopic (exact) mass is 581 g/mol. The molecule has 8 heteroatoms. The first kappa shape index (κ1) is 28.0. The Bertz CT molecular complexity index is 1770. The second-order valence-corrected chi connectivity index (χ2v) is 12.9. The van der Waals surface area contributed by atoms with Crippen molar-refractivity contribution in [1.29, 1.82) is 0 Å². The quantitative estimate of drug-likeness (QED) is 0.244. The zero-order chi connectivity index (χ0) is 29.3. The lowest BCUT2D eigenvalue weighted by molar-refractivity contribution is 0.0724. The molecule has 2 heterocycles. The number of rotatable bonds is 8. The highest BCUT2D eigenvalue weighted by atomic mass is 32.2. The molecule has 0 saturated carbocycles. The predicted octanol–water partition coefficient (Wildman–Crippen LogP) is 5.99. The van der Waals surface area contributed by atoms with Gasteiger partial charge in [-0.05, 0) is 74.7 Å². The Hall–Kier alpha value is -4.14. The molecule has 0 bridgehead atoms. The fraction of sp³-hybridized carbons (Fsp3) is 0.265. The maximum Gasteiger partial charge on any atom is 0.264 e. The molecule has 4 aromatic carbocycles. The third-order valence-corrected chi connectivity index (χ3v) is 9.91. The van der Waals surface area contributed by atoms with Gasteiger partial charge in [0.2, 0.25) is 0 Å². The van der Waals surface area contributed by atoms with Crippen molar-refractivity contribution in [2.24, 2.45) is 0 Å². The summed E-state index contributed by atoms with van der Waals surface area (Å²) in [6, 6.07) is 29.5. The van der Waals surface area contributed by atoms with Crippen LogP contribution in [0.3, 0.4) is 0 Å². The van der Waals surface area contributed by atoms with Crippen molar-refractivity contribution < 1.29 is 18.3 Å². The molecule has 42 heavy (non-hydrogen) atoms. The molecule has 1 atom stereocenters. The molecule has 5 aromatic rings. The Labute approximate surface area is 246 Å². The minimum Gasteiger partial charge on any atom is -0.389 e. The number of aliphatic hydroxyl groups excluding tert-OH is 1. The molecule has 6 rings (SSSR count). The third-order valence-electron chi connectivity index (χ3n) is 8.10. The zero-order valence-electron chi connectivity index (χ0n) is 23.7. The van der Waals surface area contributed by atoms with Gasteiger partial charge in [0.15, 0.2) is 0 Å². The molecule has 1 aliphatic heterocycles. The fourth-order valence-corrected chi connectivity index (χ4v) is 7.39. The number of benzene rings is 4. The van der Waals surface area contributed by atoms with Crippen LogP contribution >= 0.6 is 0 Å². The number of sulfonamides is 1. The summed E-state index contributed by atoms with van der Waals surface area (Å²) in [4.78, 5) is 15.1. The lowest BCUT2D eigenvalue weighted by Crippen LogP contribution is -2.39. The van der Waals surface area contributed by atoms with Crippen LogP contribution in [0, 0.1) is 6.92 Å². The van der Waals surface area contributed by atoms with Gasteiger partial charge in [-0.1, -0.05) is 54.1 Å². The van der Waals surface area contributed by atoms with E-state index in [9.17, 15) is 18.3 Å². The Balaban J connectivity index is 1.33. The Kier molecular flexibility index (Phi) is 7.75. The molecular formula is C34H35N3O4S. The average molecular weight is 582 g/mol. The second-order valence-electron chi connectivity index (χ2n) is 11.0. The van der Waals surface area contributed by atoms with Crippen molar-refractivity contribution in [2.45, 2.75) is 43.7 Å². The van der Waals surface area contributed by atoms with Gasteiger partial charge in [-0.25, -0.2) is 8.42 Å². The maximum atomic E-state index is 14.0. The first-order chi connectivity index (χ1) is 20.3. The highest BCUT2D eigenvalue weighted by molar-refractivity contribution is 7.92. The number of likely N-dealkylation sites (tertiary alicyclic amines) is 1. The number of amides is 1. The van der Waals surface area contributed by atoms with E-state index in [2.05, 4.69) is 12.1 Å². The van der Waals surface area contributed by atoms with Crippen molar-refractivity contribution in [3.63, 3.8) is 0 Å². The minimum atomic E-state index is -4.01. The highest BCUT2D eigenvalue weighted by Crippen LogP contribution is 2.30. The molecule has 1 fully saturated rings. The van der Waals surface area contributed by atoms with Gasteiger partial charge in [-0.2, -0.15) is 0 Å². The van der Waals surface area contributed by atoms with Gasteiger partial charge in [0.05, 0.1) is 29.8 Å². The summed E-state index contributed by atoms with van der Waals surface area (Å²) in [6.07, 6.45) is 2.11. The number of piperidine rings is 1. The van der Waals surface area contributed by atoms with E-state index in [4.69, 9.17) is 0 Å². The van der Waals surface area contributed by atoms with Crippen LogP contribution in [0.4, 0.5) is 5.69 Å². The van der Waals surface area contributed by atoms with Crippen molar-refractivity contribution >= 4 is 43.4 Å². The molecular weight excluding hydrogens is 546 g/mol. The number of hydrogen-bond donors (Lipinski definition) is 1. The molecule has 0 unspecified atom stereocenters. The van der Waals surface area contributed by atoms with Crippen LogP contribution < -0.4 is 4.31 Å². The van der Waals surface area contributed by atoms with Gasteiger partial charge < -0.3 is 14.6 Å². The van der Waals surface area contributed by atoms with Crippen molar-refractivity contribution in [3.05, 3.63) is 108 Å². The van der Waals surface area contributed by atoms with Gasteiger partial charge in [0, 0.05) is 40.5 Å². The molecule has 7 nitrogen and oxygen atoms in total. The topological polar surface area (TPSA) is 82.8 Å². The van der Waals surface area contributed by atoms with Crippen LogP contribution in [0.25, 0.3) is 21.8 Å².